The third-order valence-corrected chi connectivity index (χ3v) is 7.24. The maximum atomic E-state index is 10.6. The minimum atomic E-state index is -1.66. The van der Waals surface area contributed by atoms with Crippen LogP contribution in [0.2, 0.25) is 24.7 Å². The molecule has 0 radical (unpaired) electrons. The highest BCUT2D eigenvalue weighted by molar-refractivity contribution is 6.79. The van der Waals surface area contributed by atoms with Crippen molar-refractivity contribution in [2.45, 2.75) is 57.0 Å². The van der Waals surface area contributed by atoms with Gasteiger partial charge in [0, 0.05) is 6.42 Å². The van der Waals surface area contributed by atoms with Gasteiger partial charge in [0.05, 0.1) is 14.1 Å². The number of hydrogen-bond acceptors (Lipinski definition) is 3. The van der Waals surface area contributed by atoms with Crippen LogP contribution in [-0.4, -0.2) is 25.6 Å². The molecule has 3 nitrogen and oxygen atoms in total. The van der Waals surface area contributed by atoms with Crippen LogP contribution in [0.5, 0.6) is 0 Å². The van der Waals surface area contributed by atoms with E-state index in [1.54, 1.807) is 0 Å². The average Bonchev–Trinajstić information content (AvgIpc) is 2.21. The third-order valence-electron chi connectivity index (χ3n) is 3.04. The SMILES string of the molecule is CCCC[Si](C)(C)[C@H](CC#N)C(O)C=O. The van der Waals surface area contributed by atoms with Crippen LogP contribution in [0.1, 0.15) is 26.2 Å². The first-order chi connectivity index (χ1) is 6.99. The van der Waals surface area contributed by atoms with E-state index in [1.165, 1.54) is 0 Å². The number of aldehydes is 1. The zero-order chi connectivity index (χ0) is 11.9. The number of nitriles is 1. The van der Waals surface area contributed by atoms with Gasteiger partial charge < -0.3 is 9.90 Å². The van der Waals surface area contributed by atoms with Crippen molar-refractivity contribution in [2.75, 3.05) is 0 Å². The van der Waals surface area contributed by atoms with E-state index in [2.05, 4.69) is 26.1 Å². The molecule has 15 heavy (non-hydrogen) atoms. The van der Waals surface area contributed by atoms with Crippen LogP contribution in [-0.2, 0) is 4.79 Å². The Bertz CT molecular complexity index is 235. The number of carbonyl (C=O) groups is 1. The van der Waals surface area contributed by atoms with Gasteiger partial charge in [0.1, 0.15) is 12.4 Å². The fourth-order valence-corrected chi connectivity index (χ4v) is 5.15. The van der Waals surface area contributed by atoms with E-state index in [0.29, 0.717) is 12.7 Å². The summed E-state index contributed by atoms with van der Waals surface area (Å²) in [5, 5.41) is 18.3. The lowest BCUT2D eigenvalue weighted by atomic mass is 10.2. The molecule has 0 aromatic rings. The number of rotatable bonds is 7. The van der Waals surface area contributed by atoms with Gasteiger partial charge in [0.2, 0.25) is 0 Å². The molecule has 0 aliphatic carbocycles. The van der Waals surface area contributed by atoms with Crippen molar-refractivity contribution >= 4 is 14.4 Å². The van der Waals surface area contributed by atoms with Crippen LogP contribution in [0.3, 0.4) is 0 Å². The lowest BCUT2D eigenvalue weighted by molar-refractivity contribution is -0.115. The molecule has 0 heterocycles. The van der Waals surface area contributed by atoms with Gasteiger partial charge in [0.15, 0.2) is 0 Å². The number of hydrogen-bond donors (Lipinski definition) is 1. The number of aliphatic hydroxyl groups excluding tert-OH is 1. The Labute approximate surface area is 93.1 Å². The predicted octanol–water partition coefficient (Wildman–Crippen LogP) is 2.34. The molecule has 0 amide bonds. The maximum Gasteiger partial charge on any atom is 0.148 e. The molecule has 86 valence electrons. The number of aliphatic hydroxyl groups is 1. The molecule has 0 fully saturated rings. The highest BCUT2D eigenvalue weighted by Gasteiger charge is 2.35. The van der Waals surface area contributed by atoms with Crippen molar-refractivity contribution in [1.29, 1.82) is 5.26 Å². The zero-order valence-corrected chi connectivity index (χ0v) is 10.9. The number of unbranched alkanes of at least 4 members (excludes halogenated alkanes) is 1. The zero-order valence-electron chi connectivity index (χ0n) is 9.86. The predicted molar refractivity (Wildman–Crippen MR) is 63.2 cm³/mol. The Kier molecular flexibility index (Phi) is 6.45. The Morgan fingerprint density at radius 1 is 1.53 bits per heavy atom. The summed E-state index contributed by atoms with van der Waals surface area (Å²) in [6.07, 6.45) is 2.15. The second-order valence-corrected chi connectivity index (χ2v) is 9.91. The lowest BCUT2D eigenvalue weighted by Gasteiger charge is -2.32. The van der Waals surface area contributed by atoms with E-state index in [4.69, 9.17) is 5.26 Å². The summed E-state index contributed by atoms with van der Waals surface area (Å²) in [6, 6.07) is 3.15. The van der Waals surface area contributed by atoms with E-state index in [0.717, 1.165) is 18.9 Å². The summed E-state index contributed by atoms with van der Waals surface area (Å²) >= 11 is 0. The van der Waals surface area contributed by atoms with Gasteiger partial charge in [-0.2, -0.15) is 5.26 Å². The molecule has 0 aliphatic rings. The fraction of sp³-hybridized carbons (Fsp3) is 0.818. The molecule has 4 heteroatoms. The number of nitrogens with zero attached hydrogens (tertiary/aromatic N) is 1. The molecule has 0 rings (SSSR count). The largest absolute Gasteiger partial charge is 0.386 e. The normalized spacial score (nSPS) is 15.4. The van der Waals surface area contributed by atoms with Gasteiger partial charge in [-0.15, -0.1) is 0 Å². The van der Waals surface area contributed by atoms with Crippen molar-refractivity contribution < 1.29 is 9.90 Å². The van der Waals surface area contributed by atoms with Gasteiger partial charge >= 0.3 is 0 Å². The Morgan fingerprint density at radius 3 is 2.53 bits per heavy atom. The first kappa shape index (κ1) is 14.3. The van der Waals surface area contributed by atoms with Gasteiger partial charge in [-0.25, -0.2) is 0 Å². The van der Waals surface area contributed by atoms with Crippen LogP contribution in [0, 0.1) is 11.3 Å². The number of carbonyl (C=O) groups excluding carboxylic acids is 1. The highest BCUT2D eigenvalue weighted by Crippen LogP contribution is 2.32. The topological polar surface area (TPSA) is 61.1 Å². The van der Waals surface area contributed by atoms with Gasteiger partial charge in [-0.05, 0) is 5.54 Å². The van der Waals surface area contributed by atoms with Crippen LogP contribution >= 0.6 is 0 Å². The molecular formula is C11H21NO2Si. The molecule has 0 spiro atoms. The van der Waals surface area contributed by atoms with E-state index in [9.17, 15) is 9.90 Å². The van der Waals surface area contributed by atoms with E-state index in [1.807, 2.05) is 0 Å². The summed E-state index contributed by atoms with van der Waals surface area (Å²) in [7, 11) is -1.66. The monoisotopic (exact) mass is 227 g/mol. The minimum Gasteiger partial charge on any atom is -0.386 e. The van der Waals surface area contributed by atoms with E-state index >= 15 is 0 Å². The second-order valence-electron chi connectivity index (χ2n) is 4.69. The van der Waals surface area contributed by atoms with Crippen LogP contribution < -0.4 is 0 Å². The fourth-order valence-electron chi connectivity index (χ4n) is 1.87. The van der Waals surface area contributed by atoms with Crippen molar-refractivity contribution in [3.05, 3.63) is 0 Å². The Hall–Kier alpha value is -0.663. The standard InChI is InChI=1S/C11H21NO2Si/c1-4-5-8-15(2,3)11(6-7-12)10(14)9-13/h9-11,14H,4-6,8H2,1-3H3/t10?,11-/m1/s1. The van der Waals surface area contributed by atoms with Crippen LogP contribution in [0.15, 0.2) is 0 Å². The molecule has 1 unspecified atom stereocenters. The molecule has 2 atom stereocenters. The summed E-state index contributed by atoms with van der Waals surface area (Å²) in [6.45, 7) is 6.43. The van der Waals surface area contributed by atoms with E-state index < -0.39 is 14.2 Å². The van der Waals surface area contributed by atoms with Crippen LogP contribution in [0.4, 0.5) is 0 Å². The summed E-state index contributed by atoms with van der Waals surface area (Å²) in [5.74, 6) is 0. The minimum absolute atomic E-state index is 0.119. The molecule has 0 aromatic heterocycles. The smallest absolute Gasteiger partial charge is 0.148 e. The average molecular weight is 227 g/mol. The third kappa shape index (κ3) is 4.58. The molecule has 0 aliphatic heterocycles. The molecule has 0 saturated carbocycles. The summed E-state index contributed by atoms with van der Waals surface area (Å²) in [4.78, 5) is 10.6. The Morgan fingerprint density at radius 2 is 2.13 bits per heavy atom. The molecule has 0 saturated heterocycles. The summed E-state index contributed by atoms with van der Waals surface area (Å²) in [5.41, 5.74) is -0.119. The van der Waals surface area contributed by atoms with Crippen molar-refractivity contribution in [2.24, 2.45) is 0 Å². The van der Waals surface area contributed by atoms with Crippen molar-refractivity contribution in [3.63, 3.8) is 0 Å². The quantitative estimate of drug-likeness (QED) is 0.536. The summed E-state index contributed by atoms with van der Waals surface area (Å²) < 4.78 is 0. The maximum absolute atomic E-state index is 10.6. The van der Waals surface area contributed by atoms with Gasteiger partial charge in [-0.3, -0.25) is 0 Å². The highest BCUT2D eigenvalue weighted by atomic mass is 28.3. The Balaban J connectivity index is 4.58. The molecule has 1 N–H and O–H groups in total. The van der Waals surface area contributed by atoms with Gasteiger partial charge in [0.25, 0.3) is 0 Å². The first-order valence-corrected chi connectivity index (χ1v) is 8.78. The van der Waals surface area contributed by atoms with Crippen molar-refractivity contribution in [1.82, 2.24) is 0 Å². The van der Waals surface area contributed by atoms with Gasteiger partial charge in [-0.1, -0.05) is 38.9 Å². The van der Waals surface area contributed by atoms with Crippen LogP contribution in [0.25, 0.3) is 0 Å². The molecule has 0 bridgehead atoms. The molecular weight excluding hydrogens is 206 g/mol. The van der Waals surface area contributed by atoms with Crippen molar-refractivity contribution in [3.8, 4) is 6.07 Å². The molecule has 0 aromatic carbocycles. The first-order valence-electron chi connectivity index (χ1n) is 5.50. The van der Waals surface area contributed by atoms with E-state index in [-0.39, 0.29) is 5.54 Å². The lowest BCUT2D eigenvalue weighted by Crippen LogP contribution is -2.39. The second kappa shape index (κ2) is 6.75.